The van der Waals surface area contributed by atoms with Gasteiger partial charge in [0.2, 0.25) is 0 Å². The lowest BCUT2D eigenvalue weighted by atomic mass is 9.83. The topological polar surface area (TPSA) is 36.3 Å². The second-order valence-electron chi connectivity index (χ2n) is 5.68. The van der Waals surface area contributed by atoms with Crippen molar-refractivity contribution in [2.45, 2.75) is 56.7 Å². The first-order chi connectivity index (χ1) is 8.76. The van der Waals surface area contributed by atoms with Gasteiger partial charge in [-0.3, -0.25) is 4.68 Å². The highest BCUT2D eigenvalue weighted by molar-refractivity contribution is 5.11. The highest BCUT2D eigenvalue weighted by Crippen LogP contribution is 2.41. The van der Waals surface area contributed by atoms with Crippen LogP contribution in [0.15, 0.2) is 12.4 Å². The van der Waals surface area contributed by atoms with E-state index in [-0.39, 0.29) is 11.7 Å². The van der Waals surface area contributed by atoms with E-state index in [0.29, 0.717) is 6.61 Å². The van der Waals surface area contributed by atoms with Crippen LogP contribution in [0.1, 0.15) is 44.9 Å². The molecule has 4 heteroatoms. The van der Waals surface area contributed by atoms with Crippen molar-refractivity contribution in [3.8, 4) is 5.75 Å². The molecule has 1 saturated carbocycles. The van der Waals surface area contributed by atoms with Gasteiger partial charge >= 0.3 is 0 Å². The summed E-state index contributed by atoms with van der Waals surface area (Å²) in [5.74, 6) is 0.839. The second-order valence-corrected chi connectivity index (χ2v) is 5.68. The Morgan fingerprint density at radius 1 is 1.39 bits per heavy atom. The molecule has 0 radical (unpaired) electrons. The molecule has 2 aliphatic rings. The van der Waals surface area contributed by atoms with Crippen LogP contribution in [0.4, 0.5) is 0 Å². The van der Waals surface area contributed by atoms with Crippen molar-refractivity contribution < 1.29 is 9.47 Å². The third-order valence-corrected chi connectivity index (χ3v) is 4.22. The molecule has 0 bridgehead atoms. The summed E-state index contributed by atoms with van der Waals surface area (Å²) in [5.41, 5.74) is 0.196. The summed E-state index contributed by atoms with van der Waals surface area (Å²) in [5, 5.41) is 4.10. The smallest absolute Gasteiger partial charge is 0.157 e. The van der Waals surface area contributed by atoms with Gasteiger partial charge in [-0.05, 0) is 25.7 Å². The fourth-order valence-electron chi connectivity index (χ4n) is 3.24. The van der Waals surface area contributed by atoms with E-state index in [9.17, 15) is 0 Å². The standard InChI is InChI=1S/C14H22N2O2/c1-16-10-13(9-15-16)17-11-12-5-8-14(18-12)6-3-2-4-7-14/h9-10,12H,2-8,11H2,1H3. The van der Waals surface area contributed by atoms with E-state index in [1.807, 2.05) is 13.2 Å². The van der Waals surface area contributed by atoms with Crippen molar-refractivity contribution >= 4 is 0 Å². The lowest BCUT2D eigenvalue weighted by molar-refractivity contribution is -0.0748. The van der Waals surface area contributed by atoms with Crippen LogP contribution in [0.2, 0.25) is 0 Å². The zero-order valence-corrected chi connectivity index (χ0v) is 11.1. The Morgan fingerprint density at radius 3 is 2.94 bits per heavy atom. The molecule has 1 saturated heterocycles. The van der Waals surface area contributed by atoms with E-state index in [4.69, 9.17) is 9.47 Å². The highest BCUT2D eigenvalue weighted by Gasteiger charge is 2.40. The molecular formula is C14H22N2O2. The van der Waals surface area contributed by atoms with Gasteiger partial charge in [-0.15, -0.1) is 0 Å². The zero-order valence-electron chi connectivity index (χ0n) is 11.1. The molecule has 0 aromatic carbocycles. The van der Waals surface area contributed by atoms with Gasteiger partial charge in [0.05, 0.1) is 24.1 Å². The summed E-state index contributed by atoms with van der Waals surface area (Å²) < 4.78 is 13.8. The Kier molecular flexibility index (Phi) is 3.29. The van der Waals surface area contributed by atoms with Gasteiger partial charge < -0.3 is 9.47 Å². The molecule has 1 aromatic heterocycles. The molecule has 3 rings (SSSR count). The third kappa shape index (κ3) is 2.53. The Bertz CT molecular complexity index is 396. The van der Waals surface area contributed by atoms with Crippen molar-refractivity contribution in [1.29, 1.82) is 0 Å². The summed E-state index contributed by atoms with van der Waals surface area (Å²) in [6, 6.07) is 0. The van der Waals surface area contributed by atoms with E-state index >= 15 is 0 Å². The molecule has 100 valence electrons. The summed E-state index contributed by atoms with van der Waals surface area (Å²) in [6.45, 7) is 0.660. The first-order valence-corrected chi connectivity index (χ1v) is 7.05. The number of nitrogens with zero attached hydrogens (tertiary/aromatic N) is 2. The molecule has 2 fully saturated rings. The minimum Gasteiger partial charge on any atom is -0.488 e. The van der Waals surface area contributed by atoms with Gasteiger partial charge in [0.1, 0.15) is 6.61 Å². The summed E-state index contributed by atoms with van der Waals surface area (Å²) in [4.78, 5) is 0. The van der Waals surface area contributed by atoms with Crippen molar-refractivity contribution in [2.75, 3.05) is 6.61 Å². The monoisotopic (exact) mass is 250 g/mol. The minimum absolute atomic E-state index is 0.196. The van der Waals surface area contributed by atoms with E-state index in [2.05, 4.69) is 5.10 Å². The van der Waals surface area contributed by atoms with Crippen LogP contribution in [0, 0.1) is 0 Å². The summed E-state index contributed by atoms with van der Waals surface area (Å²) in [6.07, 6.45) is 12.8. The van der Waals surface area contributed by atoms with Crippen LogP contribution in [0.5, 0.6) is 5.75 Å². The largest absolute Gasteiger partial charge is 0.488 e. The Hall–Kier alpha value is -1.03. The zero-order chi connectivity index (χ0) is 12.4. The van der Waals surface area contributed by atoms with E-state index in [0.717, 1.165) is 12.2 Å². The molecule has 1 aromatic rings. The summed E-state index contributed by atoms with van der Waals surface area (Å²) >= 11 is 0. The van der Waals surface area contributed by atoms with Crippen LogP contribution in [0.25, 0.3) is 0 Å². The third-order valence-electron chi connectivity index (χ3n) is 4.22. The predicted molar refractivity (Wildman–Crippen MR) is 68.6 cm³/mol. The highest BCUT2D eigenvalue weighted by atomic mass is 16.6. The fourth-order valence-corrected chi connectivity index (χ4v) is 3.24. The average Bonchev–Trinajstić information content (AvgIpc) is 2.96. The Morgan fingerprint density at radius 2 is 2.22 bits per heavy atom. The molecule has 0 N–H and O–H groups in total. The first-order valence-electron chi connectivity index (χ1n) is 7.05. The second kappa shape index (κ2) is 4.92. The maximum Gasteiger partial charge on any atom is 0.157 e. The first kappa shape index (κ1) is 12.0. The molecule has 18 heavy (non-hydrogen) atoms. The average molecular weight is 250 g/mol. The van der Waals surface area contributed by atoms with Crippen molar-refractivity contribution in [1.82, 2.24) is 9.78 Å². The Labute approximate surface area is 108 Å². The van der Waals surface area contributed by atoms with Crippen molar-refractivity contribution in [3.63, 3.8) is 0 Å². The molecule has 1 atom stereocenters. The predicted octanol–water partition coefficient (Wildman–Crippen LogP) is 2.68. The van der Waals surface area contributed by atoms with Gasteiger partial charge in [-0.2, -0.15) is 5.10 Å². The molecule has 1 spiro atoms. The summed E-state index contributed by atoms with van der Waals surface area (Å²) in [7, 11) is 1.90. The van der Waals surface area contributed by atoms with Crippen LogP contribution >= 0.6 is 0 Å². The van der Waals surface area contributed by atoms with Gasteiger partial charge in [-0.25, -0.2) is 0 Å². The fraction of sp³-hybridized carbons (Fsp3) is 0.786. The number of hydrogen-bond acceptors (Lipinski definition) is 3. The number of aromatic nitrogens is 2. The van der Waals surface area contributed by atoms with Crippen molar-refractivity contribution in [2.24, 2.45) is 7.05 Å². The lowest BCUT2D eigenvalue weighted by Crippen LogP contribution is -2.32. The maximum absolute atomic E-state index is 6.27. The van der Waals surface area contributed by atoms with Crippen LogP contribution in [-0.2, 0) is 11.8 Å². The Balaban J connectivity index is 1.50. The molecule has 1 unspecified atom stereocenters. The van der Waals surface area contributed by atoms with Gasteiger partial charge in [0.15, 0.2) is 5.75 Å². The van der Waals surface area contributed by atoms with Gasteiger partial charge in [0, 0.05) is 7.05 Å². The van der Waals surface area contributed by atoms with Gasteiger partial charge in [-0.1, -0.05) is 19.3 Å². The molecule has 1 aliphatic carbocycles. The number of rotatable bonds is 3. The number of hydrogen-bond donors (Lipinski definition) is 0. The van der Waals surface area contributed by atoms with Gasteiger partial charge in [0.25, 0.3) is 0 Å². The normalized spacial score (nSPS) is 26.6. The van der Waals surface area contributed by atoms with E-state index < -0.39 is 0 Å². The lowest BCUT2D eigenvalue weighted by Gasteiger charge is -2.33. The van der Waals surface area contributed by atoms with Crippen LogP contribution < -0.4 is 4.74 Å². The number of aryl methyl sites for hydroxylation is 1. The minimum atomic E-state index is 0.196. The molecule has 2 heterocycles. The SMILES string of the molecule is Cn1cc(OCC2CCC3(CCCCC3)O2)cn1. The maximum atomic E-state index is 6.27. The van der Waals surface area contributed by atoms with Crippen LogP contribution in [0.3, 0.4) is 0 Å². The molecule has 4 nitrogen and oxygen atoms in total. The van der Waals surface area contributed by atoms with Crippen LogP contribution in [-0.4, -0.2) is 28.1 Å². The van der Waals surface area contributed by atoms with E-state index in [1.54, 1.807) is 10.9 Å². The molecule has 1 aliphatic heterocycles. The van der Waals surface area contributed by atoms with E-state index in [1.165, 1.54) is 38.5 Å². The quantitative estimate of drug-likeness (QED) is 0.827. The molecule has 0 amide bonds. The number of ether oxygens (including phenoxy) is 2. The molecular weight excluding hydrogens is 228 g/mol. The van der Waals surface area contributed by atoms with Crippen molar-refractivity contribution in [3.05, 3.63) is 12.4 Å².